The highest BCUT2D eigenvalue weighted by atomic mass is 32.2. The molecule has 1 N–H and O–H groups in total. The monoisotopic (exact) mass is 490 g/mol. The molecule has 2 heterocycles. The standard InChI is InChI=1S/C22H26N4O5S2/c1-30-18-13-15(8-10-17(18)31-33(2,28)29)12-16-20(23)26-22(24-21(16)27)32-19(25-26)11-9-14-6-4-3-5-7-14/h8,10,12-14,23H,3-7,9,11H2,1-2H3/b16-12-,23-20?. The summed E-state index contributed by atoms with van der Waals surface area (Å²) in [6, 6.07) is 4.55. The number of nitrogens with zero attached hydrogens (tertiary/aromatic N) is 3. The molecule has 0 bridgehead atoms. The van der Waals surface area contributed by atoms with Crippen LogP contribution in [-0.2, 0) is 14.9 Å². The summed E-state index contributed by atoms with van der Waals surface area (Å²) < 4.78 is 33.0. The Kier molecular flexibility index (Phi) is 6.89. The summed E-state index contributed by atoms with van der Waals surface area (Å²) in [5.41, 5.74) is 0.628. The van der Waals surface area contributed by atoms with Crippen LogP contribution in [-0.4, -0.2) is 48.7 Å². The van der Waals surface area contributed by atoms with E-state index in [9.17, 15) is 13.2 Å². The van der Waals surface area contributed by atoms with E-state index in [1.807, 2.05) is 0 Å². The van der Waals surface area contributed by atoms with Crippen molar-refractivity contribution in [2.24, 2.45) is 16.0 Å². The zero-order chi connectivity index (χ0) is 23.6. The number of thioether (sulfide) groups is 1. The van der Waals surface area contributed by atoms with Crippen molar-refractivity contribution >= 4 is 49.9 Å². The Bertz CT molecular complexity index is 1170. The van der Waals surface area contributed by atoms with Gasteiger partial charge in [-0.2, -0.15) is 23.5 Å². The summed E-state index contributed by atoms with van der Waals surface area (Å²) in [6.07, 6.45) is 10.8. The zero-order valence-corrected chi connectivity index (χ0v) is 20.2. The quantitative estimate of drug-likeness (QED) is 0.453. The van der Waals surface area contributed by atoms with E-state index >= 15 is 0 Å². The third-order valence-corrected chi connectivity index (χ3v) is 7.18. The van der Waals surface area contributed by atoms with Gasteiger partial charge in [-0.3, -0.25) is 10.2 Å². The molecule has 0 saturated heterocycles. The molecule has 2 aliphatic heterocycles. The molecule has 176 valence electrons. The van der Waals surface area contributed by atoms with Crippen molar-refractivity contribution < 1.29 is 22.1 Å². The summed E-state index contributed by atoms with van der Waals surface area (Å²) in [4.78, 5) is 16.8. The fourth-order valence-corrected chi connectivity index (χ4v) is 5.47. The lowest BCUT2D eigenvalue weighted by atomic mass is 9.86. The van der Waals surface area contributed by atoms with Gasteiger partial charge in [0.2, 0.25) is 5.17 Å². The van der Waals surface area contributed by atoms with Crippen LogP contribution in [0.5, 0.6) is 11.5 Å². The van der Waals surface area contributed by atoms with Gasteiger partial charge < -0.3 is 8.92 Å². The van der Waals surface area contributed by atoms with Crippen LogP contribution in [0.15, 0.2) is 33.9 Å². The van der Waals surface area contributed by atoms with Crippen LogP contribution in [0.4, 0.5) is 0 Å². The molecule has 0 radical (unpaired) electrons. The van der Waals surface area contributed by atoms with E-state index in [4.69, 9.17) is 14.3 Å². The number of carbonyl (C=O) groups is 1. The van der Waals surface area contributed by atoms with Gasteiger partial charge in [-0.1, -0.05) is 38.2 Å². The molecule has 33 heavy (non-hydrogen) atoms. The Labute approximate surface area is 197 Å². The minimum Gasteiger partial charge on any atom is -0.493 e. The van der Waals surface area contributed by atoms with Gasteiger partial charge in [0.05, 0.1) is 18.9 Å². The summed E-state index contributed by atoms with van der Waals surface area (Å²) in [5, 5.41) is 15.8. The van der Waals surface area contributed by atoms with Gasteiger partial charge in [0.25, 0.3) is 5.91 Å². The number of fused-ring (bicyclic) bond motifs is 1. The number of ether oxygens (including phenoxy) is 1. The largest absolute Gasteiger partial charge is 0.493 e. The fraction of sp³-hybridized carbons (Fsp3) is 0.455. The number of amidine groups is 2. The molecule has 1 fully saturated rings. The maximum atomic E-state index is 12.6. The van der Waals surface area contributed by atoms with Crippen LogP contribution >= 0.6 is 11.8 Å². The highest BCUT2D eigenvalue weighted by molar-refractivity contribution is 8.26. The summed E-state index contributed by atoms with van der Waals surface area (Å²) in [5.74, 6) is 0.394. The molecule has 1 aliphatic carbocycles. The van der Waals surface area contributed by atoms with E-state index in [-0.39, 0.29) is 22.9 Å². The normalized spacial score (nSPS) is 20.5. The molecule has 1 aromatic rings. The predicted molar refractivity (Wildman–Crippen MR) is 129 cm³/mol. The number of aliphatic imine (C=N–C) groups is 1. The van der Waals surface area contributed by atoms with Crippen molar-refractivity contribution in [1.82, 2.24) is 5.01 Å². The first kappa shape index (κ1) is 23.5. The Morgan fingerprint density at radius 2 is 2.00 bits per heavy atom. The second-order valence-corrected chi connectivity index (χ2v) is 10.9. The molecule has 1 saturated carbocycles. The van der Waals surface area contributed by atoms with E-state index in [1.165, 1.54) is 74.2 Å². The number of nitrogens with one attached hydrogen (secondary N) is 1. The average molecular weight is 491 g/mol. The average Bonchev–Trinajstić information content (AvgIpc) is 3.19. The maximum absolute atomic E-state index is 12.6. The lowest BCUT2D eigenvalue weighted by Crippen LogP contribution is -2.35. The van der Waals surface area contributed by atoms with Crippen LogP contribution in [0.3, 0.4) is 0 Å². The van der Waals surface area contributed by atoms with Crippen molar-refractivity contribution in [3.8, 4) is 11.5 Å². The molecule has 0 atom stereocenters. The number of carbonyl (C=O) groups excluding carboxylic acids is 1. The minimum atomic E-state index is -3.72. The molecular formula is C22H26N4O5S2. The van der Waals surface area contributed by atoms with Crippen LogP contribution in [0.25, 0.3) is 6.08 Å². The van der Waals surface area contributed by atoms with Crippen LogP contribution in [0.1, 0.15) is 50.5 Å². The summed E-state index contributed by atoms with van der Waals surface area (Å²) >= 11 is 1.36. The van der Waals surface area contributed by atoms with Crippen LogP contribution in [0, 0.1) is 11.3 Å². The number of hydrazone groups is 1. The molecule has 3 aliphatic rings. The number of amides is 1. The number of hydrogen-bond donors (Lipinski definition) is 1. The van der Waals surface area contributed by atoms with Crippen molar-refractivity contribution in [3.63, 3.8) is 0 Å². The number of rotatable bonds is 7. The zero-order valence-electron chi connectivity index (χ0n) is 18.5. The Hall–Kier alpha value is -2.66. The fourth-order valence-electron chi connectivity index (χ4n) is 4.11. The first-order valence-electron chi connectivity index (χ1n) is 10.8. The van der Waals surface area contributed by atoms with Crippen LogP contribution in [0.2, 0.25) is 0 Å². The van der Waals surface area contributed by atoms with Gasteiger partial charge in [0.1, 0.15) is 5.04 Å². The SMILES string of the molecule is COc1cc(/C=C2/C(=N)N3N=C(CCC4CCCCC4)SC3=NC2=O)ccc1OS(C)(=O)=O. The van der Waals surface area contributed by atoms with E-state index in [1.54, 1.807) is 6.07 Å². The molecule has 9 nitrogen and oxygen atoms in total. The molecule has 0 spiro atoms. The van der Waals surface area contributed by atoms with Gasteiger partial charge in [-0.25, -0.2) is 0 Å². The van der Waals surface area contributed by atoms with Crippen LogP contribution < -0.4 is 8.92 Å². The van der Waals surface area contributed by atoms with Gasteiger partial charge in [-0.05, 0) is 54.3 Å². The third-order valence-electron chi connectivity index (χ3n) is 5.73. The van der Waals surface area contributed by atoms with E-state index < -0.39 is 16.0 Å². The Morgan fingerprint density at radius 1 is 1.24 bits per heavy atom. The minimum absolute atomic E-state index is 0.0376. The summed E-state index contributed by atoms with van der Waals surface area (Å²) in [6.45, 7) is 0. The Balaban J connectivity index is 1.51. The van der Waals surface area contributed by atoms with Crippen molar-refractivity contribution in [2.45, 2.75) is 44.9 Å². The van der Waals surface area contributed by atoms with Crippen molar-refractivity contribution in [3.05, 3.63) is 29.3 Å². The molecule has 1 amide bonds. The highest BCUT2D eigenvalue weighted by Crippen LogP contribution is 2.34. The van der Waals surface area contributed by atoms with E-state index in [0.29, 0.717) is 10.7 Å². The van der Waals surface area contributed by atoms with Crippen molar-refractivity contribution in [1.29, 1.82) is 5.41 Å². The first-order chi connectivity index (χ1) is 15.7. The van der Waals surface area contributed by atoms with E-state index in [2.05, 4.69) is 10.1 Å². The predicted octanol–water partition coefficient (Wildman–Crippen LogP) is 4.01. The molecule has 11 heteroatoms. The van der Waals surface area contributed by atoms with Crippen molar-refractivity contribution in [2.75, 3.05) is 13.4 Å². The molecule has 0 unspecified atom stereocenters. The van der Waals surface area contributed by atoms with Gasteiger partial charge in [0.15, 0.2) is 17.3 Å². The smallest absolute Gasteiger partial charge is 0.306 e. The molecule has 4 rings (SSSR count). The van der Waals surface area contributed by atoms with Gasteiger partial charge in [0, 0.05) is 0 Å². The number of benzene rings is 1. The number of methoxy groups -OCH3 is 1. The van der Waals surface area contributed by atoms with E-state index in [0.717, 1.165) is 30.1 Å². The third kappa shape index (κ3) is 5.64. The first-order valence-corrected chi connectivity index (χ1v) is 13.4. The second kappa shape index (κ2) is 9.68. The molecule has 0 aromatic heterocycles. The molecule has 1 aromatic carbocycles. The lowest BCUT2D eigenvalue weighted by molar-refractivity contribution is -0.114. The topological polar surface area (TPSA) is 121 Å². The molecular weight excluding hydrogens is 464 g/mol. The maximum Gasteiger partial charge on any atom is 0.306 e. The second-order valence-electron chi connectivity index (χ2n) is 8.25. The van der Waals surface area contributed by atoms with Gasteiger partial charge >= 0.3 is 10.1 Å². The number of hydrogen-bond acceptors (Lipinski definition) is 8. The lowest BCUT2D eigenvalue weighted by Gasteiger charge is -2.20. The highest BCUT2D eigenvalue weighted by Gasteiger charge is 2.35. The summed E-state index contributed by atoms with van der Waals surface area (Å²) in [7, 11) is -2.33. The van der Waals surface area contributed by atoms with Gasteiger partial charge in [-0.15, -0.1) is 0 Å². The Morgan fingerprint density at radius 3 is 2.70 bits per heavy atom.